The molecule has 0 saturated heterocycles. The molecule has 1 aromatic carbocycles. The number of rotatable bonds is 6. The van der Waals surface area contributed by atoms with Crippen LogP contribution in [0, 0.1) is 6.92 Å². The van der Waals surface area contributed by atoms with Crippen molar-refractivity contribution < 1.29 is 9.53 Å². The number of H-pyrrole nitrogens is 1. The van der Waals surface area contributed by atoms with E-state index in [1.54, 1.807) is 7.11 Å². The molecule has 5 heteroatoms. The molecule has 5 nitrogen and oxygen atoms in total. The lowest BCUT2D eigenvalue weighted by Crippen LogP contribution is -2.14. The molecule has 0 aliphatic rings. The van der Waals surface area contributed by atoms with Gasteiger partial charge in [-0.1, -0.05) is 25.5 Å². The Morgan fingerprint density at radius 1 is 1.38 bits per heavy atom. The van der Waals surface area contributed by atoms with Gasteiger partial charge in [0.25, 0.3) is 0 Å². The monoisotopic (exact) mass is 287 g/mol. The average molecular weight is 287 g/mol. The van der Waals surface area contributed by atoms with Crippen molar-refractivity contribution in [2.75, 3.05) is 12.4 Å². The summed E-state index contributed by atoms with van der Waals surface area (Å²) in [6.45, 7) is 4.07. The van der Waals surface area contributed by atoms with Crippen LogP contribution in [0.4, 0.5) is 5.82 Å². The molecule has 0 atom stereocenters. The molecule has 0 aliphatic carbocycles. The summed E-state index contributed by atoms with van der Waals surface area (Å²) in [5.41, 5.74) is 3.00. The highest BCUT2D eigenvalue weighted by atomic mass is 16.5. The fourth-order valence-corrected chi connectivity index (χ4v) is 2.17. The summed E-state index contributed by atoms with van der Waals surface area (Å²) in [4.78, 5) is 12.0. The van der Waals surface area contributed by atoms with Crippen molar-refractivity contribution in [3.63, 3.8) is 0 Å². The van der Waals surface area contributed by atoms with E-state index in [2.05, 4.69) is 22.4 Å². The standard InChI is InChI=1S/C16H21N3O2/c1-4-5-13-10-15(19-18-13)17-16(20)9-12-7-6-11(2)14(8-12)21-3/h6-8,10H,4-5,9H2,1-3H3,(H2,17,18,19,20). The third-order valence-electron chi connectivity index (χ3n) is 3.25. The number of aromatic amines is 1. The van der Waals surface area contributed by atoms with Gasteiger partial charge in [0.1, 0.15) is 5.75 Å². The lowest BCUT2D eigenvalue weighted by Gasteiger charge is -2.07. The highest BCUT2D eigenvalue weighted by Crippen LogP contribution is 2.19. The molecule has 2 N–H and O–H groups in total. The van der Waals surface area contributed by atoms with Gasteiger partial charge in [-0.15, -0.1) is 0 Å². The maximum Gasteiger partial charge on any atom is 0.229 e. The van der Waals surface area contributed by atoms with Crippen LogP contribution in [-0.4, -0.2) is 23.2 Å². The smallest absolute Gasteiger partial charge is 0.229 e. The van der Waals surface area contributed by atoms with Gasteiger partial charge in [-0.05, 0) is 30.5 Å². The van der Waals surface area contributed by atoms with E-state index in [9.17, 15) is 4.79 Å². The van der Waals surface area contributed by atoms with E-state index in [0.29, 0.717) is 12.2 Å². The van der Waals surface area contributed by atoms with Gasteiger partial charge in [-0.3, -0.25) is 9.89 Å². The fraction of sp³-hybridized carbons (Fsp3) is 0.375. The van der Waals surface area contributed by atoms with Gasteiger partial charge < -0.3 is 10.1 Å². The number of ether oxygens (including phenoxy) is 1. The van der Waals surface area contributed by atoms with E-state index in [4.69, 9.17) is 4.74 Å². The van der Waals surface area contributed by atoms with Gasteiger partial charge in [-0.25, -0.2) is 0 Å². The first-order valence-electron chi connectivity index (χ1n) is 7.10. The van der Waals surface area contributed by atoms with Crippen LogP contribution in [0.5, 0.6) is 5.75 Å². The van der Waals surface area contributed by atoms with Crippen molar-refractivity contribution in [3.05, 3.63) is 41.1 Å². The number of nitrogens with one attached hydrogen (secondary N) is 2. The van der Waals surface area contributed by atoms with E-state index < -0.39 is 0 Å². The molecule has 21 heavy (non-hydrogen) atoms. The molecule has 0 fully saturated rings. The molecule has 0 unspecified atom stereocenters. The molecule has 1 amide bonds. The molecule has 0 saturated carbocycles. The number of carbonyl (C=O) groups excluding carboxylic acids is 1. The molecule has 0 radical (unpaired) electrons. The van der Waals surface area contributed by atoms with Crippen molar-refractivity contribution in [2.45, 2.75) is 33.1 Å². The Balaban J connectivity index is 1.97. The van der Waals surface area contributed by atoms with Crippen LogP contribution in [0.1, 0.15) is 30.2 Å². The lowest BCUT2D eigenvalue weighted by atomic mass is 10.1. The largest absolute Gasteiger partial charge is 0.496 e. The molecule has 112 valence electrons. The zero-order valence-corrected chi connectivity index (χ0v) is 12.7. The number of carbonyl (C=O) groups is 1. The van der Waals surface area contributed by atoms with Crippen molar-refractivity contribution in [2.24, 2.45) is 0 Å². The first-order chi connectivity index (χ1) is 10.1. The maximum absolute atomic E-state index is 12.0. The van der Waals surface area contributed by atoms with Gasteiger partial charge in [0.15, 0.2) is 5.82 Å². The molecule has 0 spiro atoms. The molecule has 0 aliphatic heterocycles. The zero-order chi connectivity index (χ0) is 15.2. The first kappa shape index (κ1) is 15.1. The first-order valence-corrected chi connectivity index (χ1v) is 7.10. The number of aryl methyl sites for hydroxylation is 2. The van der Waals surface area contributed by atoms with Gasteiger partial charge in [0, 0.05) is 11.8 Å². The fourth-order valence-electron chi connectivity index (χ4n) is 2.17. The average Bonchev–Trinajstić information content (AvgIpc) is 2.88. The number of aromatic nitrogens is 2. The normalized spacial score (nSPS) is 10.4. The van der Waals surface area contributed by atoms with E-state index in [-0.39, 0.29) is 5.91 Å². The van der Waals surface area contributed by atoms with Gasteiger partial charge in [0.05, 0.1) is 13.5 Å². The number of anilines is 1. The summed E-state index contributed by atoms with van der Waals surface area (Å²) >= 11 is 0. The Morgan fingerprint density at radius 2 is 2.19 bits per heavy atom. The van der Waals surface area contributed by atoms with Crippen LogP contribution in [0.3, 0.4) is 0 Å². The summed E-state index contributed by atoms with van der Waals surface area (Å²) in [5, 5.41) is 9.80. The van der Waals surface area contributed by atoms with Crippen molar-refractivity contribution in [1.29, 1.82) is 0 Å². The summed E-state index contributed by atoms with van der Waals surface area (Å²) in [6.07, 6.45) is 2.27. The van der Waals surface area contributed by atoms with Crippen LogP contribution in [0.15, 0.2) is 24.3 Å². The third-order valence-corrected chi connectivity index (χ3v) is 3.25. The molecule has 0 bridgehead atoms. The number of hydrogen-bond acceptors (Lipinski definition) is 3. The number of methoxy groups -OCH3 is 1. The molecule has 2 aromatic rings. The summed E-state index contributed by atoms with van der Waals surface area (Å²) < 4.78 is 5.27. The molecule has 1 aromatic heterocycles. The molecule has 2 rings (SSSR count). The summed E-state index contributed by atoms with van der Waals surface area (Å²) in [5.74, 6) is 1.28. The van der Waals surface area contributed by atoms with Crippen molar-refractivity contribution in [3.8, 4) is 5.75 Å². The van der Waals surface area contributed by atoms with Gasteiger partial charge in [-0.2, -0.15) is 5.10 Å². The van der Waals surface area contributed by atoms with Crippen molar-refractivity contribution in [1.82, 2.24) is 10.2 Å². The molecular formula is C16H21N3O2. The third kappa shape index (κ3) is 4.08. The number of benzene rings is 1. The number of hydrogen-bond donors (Lipinski definition) is 2. The second-order valence-electron chi connectivity index (χ2n) is 5.06. The quantitative estimate of drug-likeness (QED) is 0.858. The highest BCUT2D eigenvalue weighted by molar-refractivity contribution is 5.91. The Morgan fingerprint density at radius 3 is 2.90 bits per heavy atom. The number of amides is 1. The van der Waals surface area contributed by atoms with Gasteiger partial charge in [0.2, 0.25) is 5.91 Å². The second-order valence-corrected chi connectivity index (χ2v) is 5.06. The molecular weight excluding hydrogens is 266 g/mol. The van der Waals surface area contributed by atoms with Crippen molar-refractivity contribution >= 4 is 11.7 Å². The van der Waals surface area contributed by atoms with E-state index in [0.717, 1.165) is 35.4 Å². The second kappa shape index (κ2) is 6.92. The van der Waals surface area contributed by atoms with Crippen LogP contribution in [-0.2, 0) is 17.6 Å². The topological polar surface area (TPSA) is 67.0 Å². The van der Waals surface area contributed by atoms with E-state index >= 15 is 0 Å². The predicted octanol–water partition coefficient (Wildman–Crippen LogP) is 2.86. The highest BCUT2D eigenvalue weighted by Gasteiger charge is 2.08. The number of nitrogens with zero attached hydrogens (tertiary/aromatic N) is 1. The predicted molar refractivity (Wildman–Crippen MR) is 82.6 cm³/mol. The minimum atomic E-state index is -0.0875. The Hall–Kier alpha value is -2.30. The minimum absolute atomic E-state index is 0.0875. The minimum Gasteiger partial charge on any atom is -0.496 e. The van der Waals surface area contributed by atoms with E-state index in [1.165, 1.54) is 0 Å². The lowest BCUT2D eigenvalue weighted by molar-refractivity contribution is -0.115. The summed E-state index contributed by atoms with van der Waals surface area (Å²) in [7, 11) is 1.63. The van der Waals surface area contributed by atoms with Crippen LogP contribution >= 0.6 is 0 Å². The van der Waals surface area contributed by atoms with E-state index in [1.807, 2.05) is 31.2 Å². The van der Waals surface area contributed by atoms with Crippen LogP contribution < -0.4 is 10.1 Å². The van der Waals surface area contributed by atoms with Gasteiger partial charge >= 0.3 is 0 Å². The Kier molecular flexibility index (Phi) is 4.98. The zero-order valence-electron chi connectivity index (χ0n) is 12.7. The van der Waals surface area contributed by atoms with Crippen LogP contribution in [0.25, 0.3) is 0 Å². The summed E-state index contributed by atoms with van der Waals surface area (Å²) in [6, 6.07) is 7.65. The molecule has 1 heterocycles. The Labute approximate surface area is 124 Å². The Bertz CT molecular complexity index is 620. The SMILES string of the molecule is CCCc1cc(NC(=O)Cc2ccc(C)c(OC)c2)n[nH]1. The maximum atomic E-state index is 12.0. The van der Waals surface area contributed by atoms with Crippen LogP contribution in [0.2, 0.25) is 0 Å².